The Bertz CT molecular complexity index is 780. The fourth-order valence-corrected chi connectivity index (χ4v) is 2.71. The van der Waals surface area contributed by atoms with Crippen LogP contribution in [0.5, 0.6) is 11.5 Å². The molecule has 9 heteroatoms. The zero-order valence-electron chi connectivity index (χ0n) is 11.8. The Morgan fingerprint density at radius 3 is 2.78 bits per heavy atom. The second-order valence-corrected chi connectivity index (χ2v) is 5.31. The largest absolute Gasteiger partial charge is 0.500 e. The predicted octanol–water partition coefficient (Wildman–Crippen LogP) is 1.98. The molecule has 0 unspecified atom stereocenters. The lowest BCUT2D eigenvalue weighted by molar-refractivity contribution is -0.386. The second kappa shape index (κ2) is 6.41. The number of hydrogen-bond donors (Lipinski definition) is 1. The van der Waals surface area contributed by atoms with Gasteiger partial charge in [-0.3, -0.25) is 24.6 Å². The van der Waals surface area contributed by atoms with Crippen LogP contribution in [0.1, 0.15) is 5.56 Å². The van der Waals surface area contributed by atoms with E-state index in [1.165, 1.54) is 19.3 Å². The van der Waals surface area contributed by atoms with Gasteiger partial charge >= 0.3 is 5.69 Å². The molecule has 1 fully saturated rings. The van der Waals surface area contributed by atoms with E-state index in [0.717, 1.165) is 11.0 Å². The van der Waals surface area contributed by atoms with Gasteiger partial charge in [-0.2, -0.15) is 0 Å². The number of imide groups is 1. The Kier molecular flexibility index (Phi) is 4.57. The molecule has 0 atom stereocenters. The van der Waals surface area contributed by atoms with Crippen molar-refractivity contribution in [3.8, 4) is 23.8 Å². The molecule has 8 nitrogen and oxygen atoms in total. The minimum absolute atomic E-state index is 0.0762. The van der Waals surface area contributed by atoms with Gasteiger partial charge in [0.1, 0.15) is 0 Å². The first-order valence-electron chi connectivity index (χ1n) is 6.13. The minimum Gasteiger partial charge on any atom is -0.500 e. The van der Waals surface area contributed by atoms with Crippen molar-refractivity contribution < 1.29 is 24.4 Å². The summed E-state index contributed by atoms with van der Waals surface area (Å²) in [5.74, 6) is 0.897. The highest BCUT2D eigenvalue weighted by atomic mass is 32.2. The van der Waals surface area contributed by atoms with E-state index in [4.69, 9.17) is 11.2 Å². The van der Waals surface area contributed by atoms with Crippen LogP contribution in [0.25, 0.3) is 6.08 Å². The number of methoxy groups -OCH3 is 1. The summed E-state index contributed by atoms with van der Waals surface area (Å²) in [6, 6.07) is 2.39. The van der Waals surface area contributed by atoms with Crippen LogP contribution in [0.15, 0.2) is 17.0 Å². The molecule has 0 aliphatic carbocycles. The molecule has 1 heterocycles. The number of thioether (sulfide) groups is 1. The molecule has 0 bridgehead atoms. The predicted molar refractivity (Wildman–Crippen MR) is 82.8 cm³/mol. The topological polar surface area (TPSA) is 110 Å². The highest BCUT2D eigenvalue weighted by Crippen LogP contribution is 2.39. The number of phenols is 1. The van der Waals surface area contributed by atoms with Crippen molar-refractivity contribution in [2.75, 3.05) is 13.7 Å². The fourth-order valence-electron chi connectivity index (χ4n) is 1.87. The van der Waals surface area contributed by atoms with Crippen molar-refractivity contribution in [2.24, 2.45) is 0 Å². The van der Waals surface area contributed by atoms with Crippen molar-refractivity contribution >= 4 is 34.7 Å². The molecule has 1 aromatic rings. The number of nitrogens with zero attached hydrogens (tertiary/aromatic N) is 2. The van der Waals surface area contributed by atoms with Crippen LogP contribution in [0.4, 0.5) is 10.5 Å². The number of carbonyl (C=O) groups is 2. The summed E-state index contributed by atoms with van der Waals surface area (Å²) in [5, 5.41) is 20.1. The molecule has 0 radical (unpaired) electrons. The first-order chi connectivity index (χ1) is 10.9. The van der Waals surface area contributed by atoms with Gasteiger partial charge in [0.2, 0.25) is 5.75 Å². The third kappa shape index (κ3) is 3.12. The summed E-state index contributed by atoms with van der Waals surface area (Å²) < 4.78 is 4.87. The quantitative estimate of drug-likeness (QED) is 0.388. The fraction of sp³-hybridized carbons (Fsp3) is 0.143. The van der Waals surface area contributed by atoms with Crippen LogP contribution in [0.2, 0.25) is 0 Å². The van der Waals surface area contributed by atoms with Gasteiger partial charge in [0, 0.05) is 6.07 Å². The highest BCUT2D eigenvalue weighted by molar-refractivity contribution is 8.18. The molecule has 1 aliphatic rings. The maximum absolute atomic E-state index is 12.1. The Labute approximate surface area is 134 Å². The van der Waals surface area contributed by atoms with Gasteiger partial charge in [-0.1, -0.05) is 5.92 Å². The van der Waals surface area contributed by atoms with Gasteiger partial charge < -0.3 is 9.84 Å². The Morgan fingerprint density at radius 1 is 1.52 bits per heavy atom. The van der Waals surface area contributed by atoms with E-state index in [2.05, 4.69) is 5.92 Å². The lowest BCUT2D eigenvalue weighted by atomic mass is 10.1. The van der Waals surface area contributed by atoms with Crippen molar-refractivity contribution in [1.82, 2.24) is 4.90 Å². The van der Waals surface area contributed by atoms with Crippen LogP contribution in [-0.2, 0) is 4.79 Å². The van der Waals surface area contributed by atoms with Gasteiger partial charge in [0.15, 0.2) is 5.75 Å². The molecule has 2 amide bonds. The van der Waals surface area contributed by atoms with E-state index in [0.29, 0.717) is 11.8 Å². The third-order valence-electron chi connectivity index (χ3n) is 2.91. The van der Waals surface area contributed by atoms with E-state index in [1.54, 1.807) is 0 Å². The number of hydrogen-bond acceptors (Lipinski definition) is 7. The van der Waals surface area contributed by atoms with Crippen molar-refractivity contribution in [2.45, 2.75) is 0 Å². The minimum atomic E-state index is -0.779. The van der Waals surface area contributed by atoms with Crippen LogP contribution in [0.3, 0.4) is 0 Å². The number of aromatic hydroxyl groups is 1. The number of terminal acetylenes is 1. The summed E-state index contributed by atoms with van der Waals surface area (Å²) in [7, 11) is 1.24. The molecule has 1 aromatic carbocycles. The Hall–Kier alpha value is -2.99. The van der Waals surface area contributed by atoms with Crippen LogP contribution >= 0.6 is 11.8 Å². The molecule has 1 saturated heterocycles. The smallest absolute Gasteiger partial charge is 0.315 e. The zero-order valence-corrected chi connectivity index (χ0v) is 12.6. The maximum atomic E-state index is 12.1. The second-order valence-electron chi connectivity index (χ2n) is 4.32. The van der Waals surface area contributed by atoms with E-state index < -0.39 is 27.5 Å². The average Bonchev–Trinajstić information content (AvgIpc) is 2.76. The molecule has 0 aromatic heterocycles. The number of ether oxygens (including phenoxy) is 1. The maximum Gasteiger partial charge on any atom is 0.315 e. The van der Waals surface area contributed by atoms with Gasteiger partial charge in [-0.05, 0) is 29.5 Å². The van der Waals surface area contributed by atoms with Gasteiger partial charge in [-0.15, -0.1) is 6.42 Å². The standard InChI is InChI=1S/C14H10N2O6S/c1-3-4-15-13(18)11(23-14(15)19)7-8-5-9(16(20)21)12(17)10(6-8)22-2/h1,5-7,17H,4H2,2H3/b11-7+. The molecule has 0 saturated carbocycles. The summed E-state index contributed by atoms with van der Waals surface area (Å²) in [4.78, 5) is 34.9. The first-order valence-corrected chi connectivity index (χ1v) is 6.95. The normalized spacial score (nSPS) is 15.8. The Balaban J connectivity index is 2.46. The third-order valence-corrected chi connectivity index (χ3v) is 3.82. The number of carbonyl (C=O) groups excluding carboxylic acids is 2. The number of benzene rings is 1. The molecular weight excluding hydrogens is 324 g/mol. The van der Waals surface area contributed by atoms with Crippen LogP contribution in [-0.4, -0.2) is 39.7 Å². The number of nitro groups is 1. The lowest BCUT2D eigenvalue weighted by Gasteiger charge is -2.07. The van der Waals surface area contributed by atoms with Crippen LogP contribution < -0.4 is 4.74 Å². The molecule has 118 valence electrons. The summed E-state index contributed by atoms with van der Waals surface area (Å²) in [5.41, 5.74) is -0.337. The number of amides is 2. The average molecular weight is 334 g/mol. The number of nitro benzene ring substituents is 1. The number of rotatable bonds is 4. The lowest BCUT2D eigenvalue weighted by Crippen LogP contribution is -2.28. The molecule has 1 N–H and O–H groups in total. The van der Waals surface area contributed by atoms with Crippen molar-refractivity contribution in [1.29, 1.82) is 0 Å². The summed E-state index contributed by atoms with van der Waals surface area (Å²) >= 11 is 0.678. The first kappa shape index (κ1) is 16.4. The van der Waals surface area contributed by atoms with E-state index in [1.807, 2.05) is 0 Å². The Morgan fingerprint density at radius 2 is 2.22 bits per heavy atom. The van der Waals surface area contributed by atoms with E-state index >= 15 is 0 Å². The van der Waals surface area contributed by atoms with Crippen molar-refractivity contribution in [3.05, 3.63) is 32.7 Å². The molecule has 2 rings (SSSR count). The van der Waals surface area contributed by atoms with Crippen LogP contribution in [0, 0.1) is 22.5 Å². The SMILES string of the molecule is C#CCN1C(=O)S/C(=C/c2cc(OC)c(O)c([N+](=O)[O-])c2)C1=O. The molecule has 0 spiro atoms. The monoisotopic (exact) mass is 334 g/mol. The highest BCUT2D eigenvalue weighted by Gasteiger charge is 2.34. The van der Waals surface area contributed by atoms with E-state index in [-0.39, 0.29) is 22.8 Å². The van der Waals surface area contributed by atoms with Gasteiger partial charge in [-0.25, -0.2) is 0 Å². The van der Waals surface area contributed by atoms with Gasteiger partial charge in [0.25, 0.3) is 11.1 Å². The summed E-state index contributed by atoms with van der Waals surface area (Å²) in [6.07, 6.45) is 6.40. The molecule has 23 heavy (non-hydrogen) atoms. The zero-order chi connectivity index (χ0) is 17.1. The molecular formula is C14H10N2O6S. The van der Waals surface area contributed by atoms with Gasteiger partial charge in [0.05, 0.1) is 23.5 Å². The molecule has 1 aliphatic heterocycles. The van der Waals surface area contributed by atoms with E-state index in [9.17, 15) is 24.8 Å². The van der Waals surface area contributed by atoms with Crippen molar-refractivity contribution in [3.63, 3.8) is 0 Å². The summed E-state index contributed by atoms with van der Waals surface area (Å²) in [6.45, 7) is -0.152. The number of phenolic OH excluding ortho intramolecular Hbond substituents is 1.